The van der Waals surface area contributed by atoms with Crippen molar-refractivity contribution in [1.29, 1.82) is 0 Å². The summed E-state index contributed by atoms with van der Waals surface area (Å²) in [6.45, 7) is 5.43. The smallest absolute Gasteiger partial charge is 0.220 e. The van der Waals surface area contributed by atoms with Crippen molar-refractivity contribution in [3.63, 3.8) is 0 Å². The SMILES string of the molecule is CCOCCCC(=O)NC1CCNCC1.Cl. The van der Waals surface area contributed by atoms with Gasteiger partial charge in [0.25, 0.3) is 0 Å². The fourth-order valence-corrected chi connectivity index (χ4v) is 1.75. The molecule has 1 fully saturated rings. The first-order valence-corrected chi connectivity index (χ1v) is 5.90. The summed E-state index contributed by atoms with van der Waals surface area (Å²) in [7, 11) is 0. The lowest BCUT2D eigenvalue weighted by Gasteiger charge is -2.23. The van der Waals surface area contributed by atoms with Gasteiger partial charge in [0.1, 0.15) is 0 Å². The van der Waals surface area contributed by atoms with E-state index < -0.39 is 0 Å². The highest BCUT2D eigenvalue weighted by Gasteiger charge is 2.14. The second kappa shape index (κ2) is 9.87. The standard InChI is InChI=1S/C11H22N2O2.ClH/c1-2-15-9-3-4-11(14)13-10-5-7-12-8-6-10;/h10,12H,2-9H2,1H3,(H,13,14);1H. The van der Waals surface area contributed by atoms with Crippen LogP contribution in [0.25, 0.3) is 0 Å². The third-order valence-electron chi connectivity index (χ3n) is 2.60. The number of hydrogen-bond acceptors (Lipinski definition) is 3. The van der Waals surface area contributed by atoms with Crippen LogP contribution < -0.4 is 10.6 Å². The predicted octanol–water partition coefficient (Wildman–Crippen LogP) is 1.09. The van der Waals surface area contributed by atoms with E-state index in [9.17, 15) is 4.79 Å². The molecule has 1 heterocycles. The normalized spacial score (nSPS) is 16.6. The molecule has 1 aliphatic heterocycles. The van der Waals surface area contributed by atoms with Crippen LogP contribution in [0.5, 0.6) is 0 Å². The Morgan fingerprint density at radius 2 is 2.12 bits per heavy atom. The summed E-state index contributed by atoms with van der Waals surface area (Å²) in [5.41, 5.74) is 0. The van der Waals surface area contributed by atoms with Crippen LogP contribution in [0.1, 0.15) is 32.6 Å². The van der Waals surface area contributed by atoms with Crippen molar-refractivity contribution in [2.45, 2.75) is 38.6 Å². The third kappa shape index (κ3) is 7.04. The average molecular weight is 251 g/mol. The Labute approximate surface area is 104 Å². The average Bonchev–Trinajstić information content (AvgIpc) is 2.26. The van der Waals surface area contributed by atoms with Gasteiger partial charge in [0.15, 0.2) is 0 Å². The van der Waals surface area contributed by atoms with Crippen LogP contribution in [-0.2, 0) is 9.53 Å². The van der Waals surface area contributed by atoms with E-state index in [1.807, 2.05) is 6.92 Å². The molecule has 0 atom stereocenters. The van der Waals surface area contributed by atoms with E-state index in [1.165, 1.54) is 0 Å². The van der Waals surface area contributed by atoms with Crippen molar-refractivity contribution in [3.8, 4) is 0 Å². The summed E-state index contributed by atoms with van der Waals surface area (Å²) in [5.74, 6) is 0.168. The zero-order chi connectivity index (χ0) is 10.9. The highest BCUT2D eigenvalue weighted by molar-refractivity contribution is 5.85. The molecule has 1 rings (SSSR count). The molecule has 0 aliphatic carbocycles. The minimum atomic E-state index is 0. The Bertz CT molecular complexity index is 185. The van der Waals surface area contributed by atoms with Crippen molar-refractivity contribution in [1.82, 2.24) is 10.6 Å². The minimum absolute atomic E-state index is 0. The molecule has 0 aromatic rings. The van der Waals surface area contributed by atoms with Gasteiger partial charge in [-0.05, 0) is 39.3 Å². The first kappa shape index (κ1) is 15.7. The van der Waals surface area contributed by atoms with Crippen LogP contribution in [0, 0.1) is 0 Å². The first-order valence-electron chi connectivity index (χ1n) is 5.90. The largest absolute Gasteiger partial charge is 0.382 e. The van der Waals surface area contributed by atoms with Gasteiger partial charge < -0.3 is 15.4 Å². The molecular formula is C11H23ClN2O2. The van der Waals surface area contributed by atoms with Crippen LogP contribution in [0.3, 0.4) is 0 Å². The third-order valence-corrected chi connectivity index (χ3v) is 2.60. The number of halogens is 1. The number of ether oxygens (including phenoxy) is 1. The fourth-order valence-electron chi connectivity index (χ4n) is 1.75. The van der Waals surface area contributed by atoms with E-state index in [2.05, 4.69) is 10.6 Å². The summed E-state index contributed by atoms with van der Waals surface area (Å²) in [4.78, 5) is 11.5. The van der Waals surface area contributed by atoms with Gasteiger partial charge in [-0.3, -0.25) is 4.79 Å². The number of carbonyl (C=O) groups is 1. The molecule has 4 nitrogen and oxygen atoms in total. The second-order valence-electron chi connectivity index (χ2n) is 3.89. The lowest BCUT2D eigenvalue weighted by Crippen LogP contribution is -2.42. The van der Waals surface area contributed by atoms with E-state index in [0.717, 1.165) is 39.0 Å². The Hall–Kier alpha value is -0.320. The van der Waals surface area contributed by atoms with Crippen molar-refractivity contribution < 1.29 is 9.53 Å². The van der Waals surface area contributed by atoms with Crippen LogP contribution in [0.15, 0.2) is 0 Å². The van der Waals surface area contributed by atoms with Gasteiger partial charge in [-0.15, -0.1) is 12.4 Å². The molecular weight excluding hydrogens is 228 g/mol. The van der Waals surface area contributed by atoms with Gasteiger partial charge in [-0.1, -0.05) is 0 Å². The zero-order valence-corrected chi connectivity index (χ0v) is 10.8. The number of hydrogen-bond donors (Lipinski definition) is 2. The topological polar surface area (TPSA) is 50.4 Å². The van der Waals surface area contributed by atoms with Crippen molar-refractivity contribution in [2.24, 2.45) is 0 Å². The van der Waals surface area contributed by atoms with Crippen molar-refractivity contribution in [3.05, 3.63) is 0 Å². The van der Waals surface area contributed by atoms with Crippen LogP contribution >= 0.6 is 12.4 Å². The molecule has 0 radical (unpaired) electrons. The summed E-state index contributed by atoms with van der Waals surface area (Å²) in [6, 6.07) is 0.380. The zero-order valence-electron chi connectivity index (χ0n) is 9.96. The van der Waals surface area contributed by atoms with E-state index in [0.29, 0.717) is 19.1 Å². The van der Waals surface area contributed by atoms with Gasteiger partial charge in [-0.2, -0.15) is 0 Å². The Morgan fingerprint density at radius 1 is 1.44 bits per heavy atom. The van der Waals surface area contributed by atoms with E-state index in [-0.39, 0.29) is 18.3 Å². The molecule has 0 unspecified atom stereocenters. The molecule has 0 bridgehead atoms. The molecule has 2 N–H and O–H groups in total. The number of rotatable bonds is 6. The summed E-state index contributed by atoms with van der Waals surface area (Å²) in [5, 5.41) is 6.34. The molecule has 1 saturated heterocycles. The van der Waals surface area contributed by atoms with Crippen molar-refractivity contribution in [2.75, 3.05) is 26.3 Å². The Balaban J connectivity index is 0.00000225. The number of carbonyl (C=O) groups excluding carboxylic acids is 1. The number of amides is 1. The molecule has 1 aliphatic rings. The monoisotopic (exact) mass is 250 g/mol. The van der Waals surface area contributed by atoms with E-state index in [4.69, 9.17) is 4.74 Å². The molecule has 16 heavy (non-hydrogen) atoms. The van der Waals surface area contributed by atoms with Crippen LogP contribution in [0.2, 0.25) is 0 Å². The maximum atomic E-state index is 11.5. The molecule has 0 saturated carbocycles. The van der Waals surface area contributed by atoms with Crippen LogP contribution in [0.4, 0.5) is 0 Å². The van der Waals surface area contributed by atoms with Gasteiger partial charge in [0.2, 0.25) is 5.91 Å². The van der Waals surface area contributed by atoms with Crippen molar-refractivity contribution >= 4 is 18.3 Å². The highest BCUT2D eigenvalue weighted by Crippen LogP contribution is 2.02. The quantitative estimate of drug-likeness (QED) is 0.694. The van der Waals surface area contributed by atoms with Gasteiger partial charge in [-0.25, -0.2) is 0 Å². The Morgan fingerprint density at radius 3 is 2.75 bits per heavy atom. The molecule has 5 heteroatoms. The maximum Gasteiger partial charge on any atom is 0.220 e. The number of nitrogens with one attached hydrogen (secondary N) is 2. The first-order chi connectivity index (χ1) is 7.33. The summed E-state index contributed by atoms with van der Waals surface area (Å²) in [6.07, 6.45) is 3.52. The molecule has 96 valence electrons. The van der Waals surface area contributed by atoms with Crippen LogP contribution in [-0.4, -0.2) is 38.3 Å². The lowest BCUT2D eigenvalue weighted by molar-refractivity contribution is -0.122. The number of piperidine rings is 1. The molecule has 0 aromatic carbocycles. The summed E-state index contributed by atoms with van der Waals surface area (Å²) < 4.78 is 5.18. The summed E-state index contributed by atoms with van der Waals surface area (Å²) >= 11 is 0. The molecule has 0 spiro atoms. The maximum absolute atomic E-state index is 11.5. The predicted molar refractivity (Wildman–Crippen MR) is 67.0 cm³/mol. The second-order valence-corrected chi connectivity index (χ2v) is 3.89. The molecule has 1 amide bonds. The van der Waals surface area contributed by atoms with E-state index in [1.54, 1.807) is 0 Å². The van der Waals surface area contributed by atoms with Gasteiger partial charge >= 0.3 is 0 Å². The highest BCUT2D eigenvalue weighted by atomic mass is 35.5. The van der Waals surface area contributed by atoms with Gasteiger partial charge in [0.05, 0.1) is 0 Å². The minimum Gasteiger partial charge on any atom is -0.382 e. The fraction of sp³-hybridized carbons (Fsp3) is 0.909. The molecule has 0 aromatic heterocycles. The van der Waals surface area contributed by atoms with Gasteiger partial charge in [0, 0.05) is 25.7 Å². The lowest BCUT2D eigenvalue weighted by atomic mass is 10.1. The Kier molecular flexibility index (Phi) is 9.68. The van der Waals surface area contributed by atoms with E-state index >= 15 is 0 Å².